The zero-order valence-electron chi connectivity index (χ0n) is 11.3. The monoisotopic (exact) mass is 232 g/mol. The highest BCUT2D eigenvalue weighted by Crippen LogP contribution is 2.21. The molecule has 0 saturated carbocycles. The summed E-state index contributed by atoms with van der Waals surface area (Å²) in [6.45, 7) is 3.37. The van der Waals surface area contributed by atoms with Gasteiger partial charge in [0.1, 0.15) is 0 Å². The summed E-state index contributed by atoms with van der Waals surface area (Å²) < 4.78 is 0. The average molecular weight is 232 g/mol. The quantitative estimate of drug-likeness (QED) is 0.862. The molecule has 1 aromatic rings. The van der Waals surface area contributed by atoms with Crippen LogP contribution in [0.1, 0.15) is 30.4 Å². The van der Waals surface area contributed by atoms with Crippen molar-refractivity contribution in [2.75, 3.05) is 25.5 Å². The molecule has 1 fully saturated rings. The molecule has 0 spiro atoms. The first-order chi connectivity index (χ1) is 8.16. The summed E-state index contributed by atoms with van der Waals surface area (Å²) in [4.78, 5) is 2.20. The number of nitrogens with one attached hydrogen (secondary N) is 1. The zero-order valence-corrected chi connectivity index (χ0v) is 11.3. The standard InChI is InChI=1S/C15H24N2/c1-12-7-8-13(11-15(12)17(2)3)10-14-6-4-5-9-16-14/h7-8,11,14,16H,4-6,9-10H2,1-3H3. The number of nitrogens with zero attached hydrogens (tertiary/aromatic N) is 1. The van der Waals surface area contributed by atoms with Gasteiger partial charge in [-0.2, -0.15) is 0 Å². The Kier molecular flexibility index (Phi) is 4.06. The SMILES string of the molecule is Cc1ccc(CC2CCCCN2)cc1N(C)C. The van der Waals surface area contributed by atoms with Gasteiger partial charge in [0.05, 0.1) is 0 Å². The molecule has 1 aromatic carbocycles. The molecule has 1 saturated heterocycles. The molecule has 1 aliphatic rings. The van der Waals surface area contributed by atoms with Gasteiger partial charge in [0.25, 0.3) is 0 Å². The molecule has 2 nitrogen and oxygen atoms in total. The van der Waals surface area contributed by atoms with E-state index in [4.69, 9.17) is 0 Å². The normalized spacial score (nSPS) is 20.3. The Morgan fingerprint density at radius 1 is 1.29 bits per heavy atom. The predicted octanol–water partition coefficient (Wildman–Crippen LogP) is 2.75. The lowest BCUT2D eigenvalue weighted by molar-refractivity contribution is 0.399. The molecule has 2 rings (SSSR count). The minimum absolute atomic E-state index is 0.682. The molecule has 1 unspecified atom stereocenters. The first-order valence-corrected chi connectivity index (χ1v) is 6.67. The van der Waals surface area contributed by atoms with Crippen molar-refractivity contribution in [3.05, 3.63) is 29.3 Å². The Morgan fingerprint density at radius 3 is 2.76 bits per heavy atom. The highest BCUT2D eigenvalue weighted by molar-refractivity contribution is 5.54. The van der Waals surface area contributed by atoms with E-state index in [2.05, 4.69) is 49.4 Å². The van der Waals surface area contributed by atoms with E-state index in [0.717, 1.165) is 0 Å². The lowest BCUT2D eigenvalue weighted by atomic mass is 9.96. The van der Waals surface area contributed by atoms with E-state index in [1.165, 1.54) is 49.0 Å². The molecule has 0 aliphatic carbocycles. The van der Waals surface area contributed by atoms with Gasteiger partial charge in [0.15, 0.2) is 0 Å². The average Bonchev–Trinajstić information content (AvgIpc) is 2.32. The van der Waals surface area contributed by atoms with Gasteiger partial charge in [0.2, 0.25) is 0 Å². The Morgan fingerprint density at radius 2 is 2.12 bits per heavy atom. The number of hydrogen-bond acceptors (Lipinski definition) is 2. The zero-order chi connectivity index (χ0) is 12.3. The highest BCUT2D eigenvalue weighted by atomic mass is 15.1. The fourth-order valence-corrected chi connectivity index (χ4v) is 2.65. The number of piperidine rings is 1. The van der Waals surface area contributed by atoms with E-state index in [1.807, 2.05) is 0 Å². The van der Waals surface area contributed by atoms with Crippen LogP contribution in [0.5, 0.6) is 0 Å². The van der Waals surface area contributed by atoms with Crippen molar-refractivity contribution in [1.82, 2.24) is 5.32 Å². The van der Waals surface area contributed by atoms with Gasteiger partial charge in [-0.15, -0.1) is 0 Å². The molecular weight excluding hydrogens is 208 g/mol. The topological polar surface area (TPSA) is 15.3 Å². The van der Waals surface area contributed by atoms with Crippen molar-refractivity contribution in [1.29, 1.82) is 0 Å². The Bertz CT molecular complexity index is 365. The second-order valence-electron chi connectivity index (χ2n) is 5.37. The van der Waals surface area contributed by atoms with E-state index in [1.54, 1.807) is 0 Å². The molecule has 0 aromatic heterocycles. The number of hydrogen-bond donors (Lipinski definition) is 1. The predicted molar refractivity (Wildman–Crippen MR) is 74.9 cm³/mol. The van der Waals surface area contributed by atoms with Crippen molar-refractivity contribution < 1.29 is 0 Å². The van der Waals surface area contributed by atoms with Crippen molar-refractivity contribution in [2.45, 2.75) is 38.6 Å². The summed E-state index contributed by atoms with van der Waals surface area (Å²) in [7, 11) is 4.23. The Balaban J connectivity index is 2.07. The number of aryl methyl sites for hydroxylation is 1. The van der Waals surface area contributed by atoms with E-state index in [0.29, 0.717) is 6.04 Å². The number of anilines is 1. The van der Waals surface area contributed by atoms with E-state index >= 15 is 0 Å². The summed E-state index contributed by atoms with van der Waals surface area (Å²) in [6, 6.07) is 7.54. The summed E-state index contributed by atoms with van der Waals surface area (Å²) in [5.41, 5.74) is 4.16. The van der Waals surface area contributed by atoms with Gasteiger partial charge < -0.3 is 10.2 Å². The molecule has 2 heteroatoms. The molecule has 1 heterocycles. The maximum atomic E-state index is 3.62. The van der Waals surface area contributed by atoms with E-state index in [-0.39, 0.29) is 0 Å². The van der Waals surface area contributed by atoms with E-state index < -0.39 is 0 Å². The van der Waals surface area contributed by atoms with Crippen LogP contribution in [0.25, 0.3) is 0 Å². The van der Waals surface area contributed by atoms with Crippen LogP contribution in [0.4, 0.5) is 5.69 Å². The van der Waals surface area contributed by atoms with Gasteiger partial charge in [-0.3, -0.25) is 0 Å². The van der Waals surface area contributed by atoms with Crippen LogP contribution in [-0.4, -0.2) is 26.7 Å². The third-order valence-corrected chi connectivity index (χ3v) is 3.65. The van der Waals surface area contributed by atoms with Crippen LogP contribution in [0.2, 0.25) is 0 Å². The Hall–Kier alpha value is -1.02. The largest absolute Gasteiger partial charge is 0.377 e. The molecule has 1 N–H and O–H groups in total. The molecular formula is C15H24N2. The second-order valence-corrected chi connectivity index (χ2v) is 5.37. The second kappa shape index (κ2) is 5.54. The van der Waals surface area contributed by atoms with Crippen molar-refractivity contribution in [3.63, 3.8) is 0 Å². The van der Waals surface area contributed by atoms with Crippen LogP contribution in [0.3, 0.4) is 0 Å². The van der Waals surface area contributed by atoms with Crippen LogP contribution in [0.15, 0.2) is 18.2 Å². The van der Waals surface area contributed by atoms with Crippen molar-refractivity contribution in [2.24, 2.45) is 0 Å². The fraction of sp³-hybridized carbons (Fsp3) is 0.600. The van der Waals surface area contributed by atoms with Gasteiger partial charge >= 0.3 is 0 Å². The molecule has 0 amide bonds. The Labute approximate surface area is 105 Å². The van der Waals surface area contributed by atoms with Gasteiger partial charge in [-0.25, -0.2) is 0 Å². The van der Waals surface area contributed by atoms with Crippen LogP contribution < -0.4 is 10.2 Å². The third-order valence-electron chi connectivity index (χ3n) is 3.65. The van der Waals surface area contributed by atoms with E-state index in [9.17, 15) is 0 Å². The lowest BCUT2D eigenvalue weighted by Crippen LogP contribution is -2.35. The molecule has 0 radical (unpaired) electrons. The lowest BCUT2D eigenvalue weighted by Gasteiger charge is -2.24. The summed E-state index contributed by atoms with van der Waals surface area (Å²) in [6.07, 6.45) is 5.21. The summed E-state index contributed by atoms with van der Waals surface area (Å²) in [5.74, 6) is 0. The molecule has 0 bridgehead atoms. The summed E-state index contributed by atoms with van der Waals surface area (Å²) in [5, 5.41) is 3.62. The molecule has 17 heavy (non-hydrogen) atoms. The van der Waals surface area contributed by atoms with Gasteiger partial charge in [-0.1, -0.05) is 18.6 Å². The van der Waals surface area contributed by atoms with Crippen molar-refractivity contribution in [3.8, 4) is 0 Å². The van der Waals surface area contributed by atoms with Crippen molar-refractivity contribution >= 4 is 5.69 Å². The third kappa shape index (κ3) is 3.22. The van der Waals surface area contributed by atoms with Crippen LogP contribution >= 0.6 is 0 Å². The first-order valence-electron chi connectivity index (χ1n) is 6.67. The highest BCUT2D eigenvalue weighted by Gasteiger charge is 2.13. The number of rotatable bonds is 3. The maximum Gasteiger partial charge on any atom is 0.0393 e. The molecule has 1 aliphatic heterocycles. The minimum Gasteiger partial charge on any atom is -0.377 e. The molecule has 1 atom stereocenters. The summed E-state index contributed by atoms with van der Waals surface area (Å²) >= 11 is 0. The van der Waals surface area contributed by atoms with Crippen LogP contribution in [-0.2, 0) is 6.42 Å². The smallest absolute Gasteiger partial charge is 0.0393 e. The number of benzene rings is 1. The van der Waals surface area contributed by atoms with Crippen LogP contribution in [0, 0.1) is 6.92 Å². The van der Waals surface area contributed by atoms with Gasteiger partial charge in [-0.05, 0) is 49.9 Å². The minimum atomic E-state index is 0.682. The van der Waals surface area contributed by atoms with Gasteiger partial charge in [0, 0.05) is 25.8 Å². The first kappa shape index (κ1) is 12.4. The molecule has 94 valence electrons. The fourth-order valence-electron chi connectivity index (χ4n) is 2.65. The maximum absolute atomic E-state index is 3.62.